The van der Waals surface area contributed by atoms with Gasteiger partial charge in [0.2, 0.25) is 40.0 Å². The van der Waals surface area contributed by atoms with Gasteiger partial charge in [-0.25, -0.2) is 18.2 Å². The molecular formula is C56H50F5N9O7S. The first-order valence-corrected chi connectivity index (χ1v) is 26.0. The molecule has 16 nitrogen and oxygen atoms in total. The van der Waals surface area contributed by atoms with Gasteiger partial charge in [-0.1, -0.05) is 37.5 Å². The average Bonchev–Trinajstić information content (AvgIpc) is 4.48. The van der Waals surface area contributed by atoms with Crippen LogP contribution >= 0.6 is 11.3 Å². The third kappa shape index (κ3) is 10.8. The van der Waals surface area contributed by atoms with Crippen molar-refractivity contribution in [3.8, 4) is 5.75 Å². The van der Waals surface area contributed by atoms with E-state index in [9.17, 15) is 45.9 Å². The molecule has 3 amide bonds. The molecule has 22 heteroatoms. The van der Waals surface area contributed by atoms with Gasteiger partial charge in [0, 0.05) is 79.0 Å². The molecule has 0 unspecified atom stereocenters. The fourth-order valence-corrected chi connectivity index (χ4v) is 10.5. The number of hydrogen-bond donors (Lipinski definition) is 3. The van der Waals surface area contributed by atoms with Crippen molar-refractivity contribution in [2.75, 3.05) is 54.5 Å². The smallest absolute Gasteiger partial charge is 0.311 e. The fraction of sp³-hybridized carbons (Fsp3) is 0.286. The lowest BCUT2D eigenvalue weighted by Gasteiger charge is -2.19. The quantitative estimate of drug-likeness (QED) is 0.0134. The molecule has 0 fully saturated rings. The Morgan fingerprint density at radius 1 is 0.731 bits per heavy atom. The first kappa shape index (κ1) is 51.6. The Kier molecular flexibility index (Phi) is 14.9. The number of nitrogens with zero attached hydrogens (tertiary/aromatic N) is 6. The Bertz CT molecular complexity index is 3710. The maximum absolute atomic E-state index is 14.2. The minimum absolute atomic E-state index is 0.0342. The van der Waals surface area contributed by atoms with Crippen molar-refractivity contribution in [2.24, 2.45) is 10.2 Å². The van der Waals surface area contributed by atoms with Gasteiger partial charge in [-0.3, -0.25) is 24.0 Å². The number of anilines is 3. The number of thiazole rings is 1. The van der Waals surface area contributed by atoms with Gasteiger partial charge >= 0.3 is 11.9 Å². The number of hydrogen-bond acceptors (Lipinski definition) is 12. The van der Waals surface area contributed by atoms with Gasteiger partial charge in [0.1, 0.15) is 11.4 Å². The van der Waals surface area contributed by atoms with Gasteiger partial charge in [0.25, 0.3) is 17.7 Å². The van der Waals surface area contributed by atoms with E-state index in [2.05, 4.69) is 35.2 Å². The lowest BCUT2D eigenvalue weighted by molar-refractivity contribution is -0.147. The predicted molar refractivity (Wildman–Crippen MR) is 284 cm³/mol. The highest BCUT2D eigenvalue weighted by Crippen LogP contribution is 2.40. The molecule has 5 heterocycles. The van der Waals surface area contributed by atoms with Gasteiger partial charge in [-0.15, -0.1) is 10.2 Å². The van der Waals surface area contributed by atoms with E-state index in [0.29, 0.717) is 85.6 Å². The Balaban J connectivity index is 0.706. The summed E-state index contributed by atoms with van der Waals surface area (Å²) >= 11 is 1.29. The lowest BCUT2D eigenvalue weighted by Crippen LogP contribution is -2.29. The molecule has 0 radical (unpaired) electrons. The van der Waals surface area contributed by atoms with E-state index in [4.69, 9.17) is 6.11 Å². The summed E-state index contributed by atoms with van der Waals surface area (Å²) in [6.45, 7) is 2.36. The normalized spacial score (nSPS) is 13.2. The molecule has 2 aliphatic rings. The highest BCUT2D eigenvalue weighted by molar-refractivity contribution is 7.21. The van der Waals surface area contributed by atoms with Crippen LogP contribution in [0.3, 0.4) is 0 Å². The molecule has 8 aromatic rings. The second-order valence-corrected chi connectivity index (χ2v) is 19.8. The van der Waals surface area contributed by atoms with Crippen molar-refractivity contribution in [1.29, 1.82) is 0 Å². The Hall–Kier alpha value is -8.53. The summed E-state index contributed by atoms with van der Waals surface area (Å²) in [6, 6.07) is 23.9. The van der Waals surface area contributed by atoms with E-state index in [-0.39, 0.29) is 24.3 Å². The van der Waals surface area contributed by atoms with E-state index in [0.717, 1.165) is 80.4 Å². The number of unbranched alkanes of at least 4 members (excludes halogenated alkanes) is 3. The standard InChI is InChI=1S/C56H50F5N9O7S/c1-3-4-5-6-22-62-53(73)40-28-35-33-21-25-70(43(33)17-14-37(35)63-40)55(75)41-29-36-34-20-24-69(42(34)16-15-38(36)64-41)54(74)30-8-13-39-44(27-30)78-56(65-39)67-66-31-9-11-32(12-10-31)68(2)23-7-26-76-45(71)18-19-46(72)77-52-50(60)48(58)47(57)49(59)51(52)61/h8-17,27-29,63-64H,3-7,18-26H2,1-2H3,(H,62,73)/i1D. The number of esters is 2. The van der Waals surface area contributed by atoms with Gasteiger partial charge in [-0.05, 0) is 116 Å². The molecule has 0 spiro atoms. The third-order valence-corrected chi connectivity index (χ3v) is 14.6. The molecule has 0 saturated heterocycles. The number of rotatable bonds is 19. The number of nitrogens with one attached hydrogen (secondary N) is 3. The molecule has 402 valence electrons. The zero-order chi connectivity index (χ0) is 55.5. The summed E-state index contributed by atoms with van der Waals surface area (Å²) in [7, 11) is 1.82. The summed E-state index contributed by atoms with van der Waals surface area (Å²) in [4.78, 5) is 81.9. The Morgan fingerprint density at radius 3 is 2.06 bits per heavy atom. The van der Waals surface area contributed by atoms with Crippen LogP contribution < -0.4 is 24.8 Å². The van der Waals surface area contributed by atoms with E-state index in [1.54, 1.807) is 40.1 Å². The van der Waals surface area contributed by atoms with E-state index < -0.39 is 59.6 Å². The fourth-order valence-electron chi connectivity index (χ4n) is 9.66. The van der Waals surface area contributed by atoms with E-state index in [1.807, 2.05) is 60.5 Å². The Labute approximate surface area is 447 Å². The monoisotopic (exact) mass is 1090 g/mol. The Morgan fingerprint density at radius 2 is 1.37 bits per heavy atom. The van der Waals surface area contributed by atoms with Crippen LogP contribution in [0, 0.1) is 29.1 Å². The number of H-pyrrole nitrogens is 2. The second kappa shape index (κ2) is 22.6. The summed E-state index contributed by atoms with van der Waals surface area (Å²) in [5.74, 6) is -16.1. The number of ether oxygens (including phenoxy) is 2. The number of fused-ring (bicyclic) bond motifs is 7. The number of aromatic amines is 2. The topological polar surface area (TPSA) is 195 Å². The summed E-state index contributed by atoms with van der Waals surface area (Å²) in [5.41, 5.74) is 8.64. The van der Waals surface area contributed by atoms with Crippen molar-refractivity contribution < 1.29 is 56.8 Å². The van der Waals surface area contributed by atoms with Crippen LogP contribution in [-0.2, 0) is 27.2 Å². The van der Waals surface area contributed by atoms with Gasteiger partial charge in [-0.2, -0.15) is 8.78 Å². The zero-order valence-corrected chi connectivity index (χ0v) is 42.8. The molecular weight excluding hydrogens is 1040 g/mol. The highest BCUT2D eigenvalue weighted by atomic mass is 32.1. The van der Waals surface area contributed by atoms with Crippen LogP contribution in [0.4, 0.5) is 49.8 Å². The largest absolute Gasteiger partial charge is 0.466 e. The molecule has 2 aliphatic heterocycles. The molecule has 5 aromatic carbocycles. The first-order valence-electron chi connectivity index (χ1n) is 25.9. The van der Waals surface area contributed by atoms with Crippen LogP contribution in [0.15, 0.2) is 89.1 Å². The molecule has 0 saturated carbocycles. The number of halogens is 5. The molecule has 0 bridgehead atoms. The SMILES string of the molecule is [2H]CCCCCCNC(=O)c1cc2c3c(ccc2[nH]1)N(C(=O)c1cc2c4c(ccc2[nH]1)N(C(=O)c1ccc2nc(N=Nc5ccc(N(C)CCCOC(=O)CCC(=O)Oc6c(F)c(F)c(F)c(F)c6F)cc5)sc2c1)CC4)CC3. The maximum Gasteiger partial charge on any atom is 0.311 e. The van der Waals surface area contributed by atoms with Crippen molar-refractivity contribution in [1.82, 2.24) is 20.3 Å². The number of amides is 3. The van der Waals surface area contributed by atoms with Crippen LogP contribution in [-0.4, -0.2) is 84.4 Å². The maximum atomic E-state index is 14.2. The third-order valence-electron chi connectivity index (χ3n) is 13.7. The highest BCUT2D eigenvalue weighted by Gasteiger charge is 2.33. The molecule has 78 heavy (non-hydrogen) atoms. The van der Waals surface area contributed by atoms with Crippen molar-refractivity contribution in [2.45, 2.75) is 64.7 Å². The van der Waals surface area contributed by atoms with Gasteiger partial charge in [0.05, 0.1) is 35.4 Å². The molecule has 10 rings (SSSR count). The number of aromatic nitrogens is 3. The first-order chi connectivity index (χ1) is 38.2. The summed E-state index contributed by atoms with van der Waals surface area (Å²) < 4.78 is 85.1. The second-order valence-electron chi connectivity index (χ2n) is 18.8. The summed E-state index contributed by atoms with van der Waals surface area (Å²) in [5, 5.41) is 13.9. The molecule has 0 aliphatic carbocycles. The number of azo groups is 1. The van der Waals surface area contributed by atoms with Crippen LogP contribution in [0.5, 0.6) is 5.75 Å². The van der Waals surface area contributed by atoms with Gasteiger partial charge < -0.3 is 39.5 Å². The molecule has 3 aromatic heterocycles. The van der Waals surface area contributed by atoms with Crippen molar-refractivity contribution in [3.05, 3.63) is 136 Å². The zero-order valence-electron chi connectivity index (χ0n) is 43.0. The minimum Gasteiger partial charge on any atom is -0.466 e. The summed E-state index contributed by atoms with van der Waals surface area (Å²) in [6.07, 6.45) is 4.02. The number of benzene rings is 5. The molecule has 0 atom stereocenters. The average molecular weight is 1090 g/mol. The predicted octanol–water partition coefficient (Wildman–Crippen LogP) is 11.8. The van der Waals surface area contributed by atoms with Crippen LogP contribution in [0.1, 0.15) is 95.7 Å². The number of carbonyl (C=O) groups is 5. The minimum atomic E-state index is -2.40. The molecule has 3 N–H and O–H groups in total. The van der Waals surface area contributed by atoms with Crippen molar-refractivity contribution in [3.63, 3.8) is 0 Å². The number of carbonyl (C=O) groups excluding carboxylic acids is 5. The van der Waals surface area contributed by atoms with Crippen molar-refractivity contribution >= 4 is 101 Å². The van der Waals surface area contributed by atoms with Crippen LogP contribution in [0.25, 0.3) is 32.0 Å². The lowest BCUT2D eigenvalue weighted by atomic mass is 10.1. The van der Waals surface area contributed by atoms with E-state index in [1.165, 1.54) is 11.3 Å². The van der Waals surface area contributed by atoms with Crippen LogP contribution in [0.2, 0.25) is 0 Å². The van der Waals surface area contributed by atoms with Gasteiger partial charge in [0.15, 0.2) is 0 Å². The van der Waals surface area contributed by atoms with E-state index >= 15 is 0 Å².